The number of hydrogen-bond acceptors (Lipinski definition) is 3. The van der Waals surface area contributed by atoms with Gasteiger partial charge in [-0.15, -0.1) is 0 Å². The van der Waals surface area contributed by atoms with Gasteiger partial charge < -0.3 is 5.32 Å². The van der Waals surface area contributed by atoms with Crippen molar-refractivity contribution >= 4 is 17.7 Å². The molecule has 1 aliphatic heterocycles. The van der Waals surface area contributed by atoms with E-state index in [9.17, 15) is 14.4 Å². The highest BCUT2D eigenvalue weighted by molar-refractivity contribution is 6.01. The highest BCUT2D eigenvalue weighted by atomic mass is 16.2. The van der Waals surface area contributed by atoms with Gasteiger partial charge in [-0.2, -0.15) is 0 Å². The van der Waals surface area contributed by atoms with Gasteiger partial charge in [-0.1, -0.05) is 48.9 Å². The van der Waals surface area contributed by atoms with E-state index in [4.69, 9.17) is 0 Å². The van der Waals surface area contributed by atoms with Gasteiger partial charge in [-0.3, -0.25) is 19.3 Å². The van der Waals surface area contributed by atoms with Gasteiger partial charge in [-0.05, 0) is 36.6 Å². The van der Waals surface area contributed by atoms with Crippen LogP contribution in [0, 0.1) is 6.92 Å². The number of hydrogen-bond donors (Lipinski definition) is 1. The third-order valence-electron chi connectivity index (χ3n) is 4.90. The second-order valence-electron chi connectivity index (χ2n) is 6.92. The Kier molecular flexibility index (Phi) is 5.69. The summed E-state index contributed by atoms with van der Waals surface area (Å²) < 4.78 is 0. The summed E-state index contributed by atoms with van der Waals surface area (Å²) in [4.78, 5) is 37.3. The summed E-state index contributed by atoms with van der Waals surface area (Å²) in [5.41, 5.74) is 3.66. The van der Waals surface area contributed by atoms with Crippen LogP contribution in [-0.4, -0.2) is 22.6 Å². The average molecular weight is 364 g/mol. The van der Waals surface area contributed by atoms with E-state index in [1.807, 2.05) is 38.1 Å². The van der Waals surface area contributed by atoms with Crippen LogP contribution in [0.5, 0.6) is 0 Å². The summed E-state index contributed by atoms with van der Waals surface area (Å²) >= 11 is 0. The van der Waals surface area contributed by atoms with Crippen LogP contribution < -0.4 is 5.32 Å². The lowest BCUT2D eigenvalue weighted by Gasteiger charge is -2.18. The number of aryl methyl sites for hydroxylation is 1. The maximum Gasteiger partial charge on any atom is 0.251 e. The zero-order chi connectivity index (χ0) is 19.4. The highest BCUT2D eigenvalue weighted by Crippen LogP contribution is 2.19. The van der Waals surface area contributed by atoms with Crippen molar-refractivity contribution in [1.29, 1.82) is 0 Å². The van der Waals surface area contributed by atoms with E-state index < -0.39 is 0 Å². The van der Waals surface area contributed by atoms with Crippen LogP contribution in [0.3, 0.4) is 0 Å². The van der Waals surface area contributed by atoms with Gasteiger partial charge in [-0.25, -0.2) is 0 Å². The fourth-order valence-electron chi connectivity index (χ4n) is 3.20. The van der Waals surface area contributed by atoms with E-state index in [2.05, 4.69) is 5.32 Å². The molecule has 5 nitrogen and oxygen atoms in total. The van der Waals surface area contributed by atoms with Crippen LogP contribution >= 0.6 is 0 Å². The molecule has 3 rings (SSSR count). The summed E-state index contributed by atoms with van der Waals surface area (Å²) in [5, 5.41) is 3.07. The Balaban J connectivity index is 1.65. The molecule has 5 heteroatoms. The molecule has 0 saturated carbocycles. The number of carbonyl (C=O) groups is 3. The van der Waals surface area contributed by atoms with E-state index in [1.54, 1.807) is 24.3 Å². The lowest BCUT2D eigenvalue weighted by molar-refractivity contribution is -0.139. The zero-order valence-corrected chi connectivity index (χ0v) is 15.7. The Bertz CT molecular complexity index is 825. The van der Waals surface area contributed by atoms with E-state index in [0.29, 0.717) is 5.56 Å². The molecule has 2 aromatic carbocycles. The maximum absolute atomic E-state index is 12.6. The van der Waals surface area contributed by atoms with Gasteiger partial charge in [0.05, 0.1) is 12.6 Å². The molecule has 0 radical (unpaired) electrons. The third kappa shape index (κ3) is 4.42. The fourth-order valence-corrected chi connectivity index (χ4v) is 3.20. The van der Waals surface area contributed by atoms with Crippen LogP contribution in [0.25, 0.3) is 0 Å². The average Bonchev–Trinajstić information content (AvgIpc) is 2.99. The first-order valence-electron chi connectivity index (χ1n) is 9.27. The standard InChI is InChI=1S/C22H24N2O3/c1-3-19(17-8-4-15(2)5-9-17)23-22(27)18-10-6-16(7-11-18)14-24-20(25)12-13-21(24)26/h4-11,19H,3,12-14H2,1-2H3,(H,23,27). The smallest absolute Gasteiger partial charge is 0.251 e. The Morgan fingerprint density at radius 2 is 1.59 bits per heavy atom. The van der Waals surface area contributed by atoms with Crippen molar-refractivity contribution in [3.63, 3.8) is 0 Å². The number of nitrogens with one attached hydrogen (secondary N) is 1. The normalized spacial score (nSPS) is 15.1. The Hall–Kier alpha value is -2.95. The molecule has 1 heterocycles. The number of amides is 3. The van der Waals surface area contributed by atoms with Crippen molar-refractivity contribution < 1.29 is 14.4 Å². The van der Waals surface area contributed by atoms with Gasteiger partial charge in [0.2, 0.25) is 11.8 Å². The van der Waals surface area contributed by atoms with Gasteiger partial charge in [0.1, 0.15) is 0 Å². The van der Waals surface area contributed by atoms with E-state index >= 15 is 0 Å². The lowest BCUT2D eigenvalue weighted by Crippen LogP contribution is -2.29. The van der Waals surface area contributed by atoms with Crippen LogP contribution in [0.2, 0.25) is 0 Å². The monoisotopic (exact) mass is 364 g/mol. The first-order valence-corrected chi connectivity index (χ1v) is 9.27. The molecule has 1 aliphatic rings. The molecule has 0 aromatic heterocycles. The van der Waals surface area contributed by atoms with Gasteiger partial charge in [0, 0.05) is 18.4 Å². The summed E-state index contributed by atoms with van der Waals surface area (Å²) in [6.45, 7) is 4.34. The topological polar surface area (TPSA) is 66.5 Å². The minimum absolute atomic E-state index is 0.0439. The van der Waals surface area contributed by atoms with E-state index in [-0.39, 0.29) is 43.1 Å². The number of rotatable bonds is 6. The molecule has 0 aliphatic carbocycles. The van der Waals surface area contributed by atoms with Crippen molar-refractivity contribution in [1.82, 2.24) is 10.2 Å². The van der Waals surface area contributed by atoms with Crippen molar-refractivity contribution in [2.24, 2.45) is 0 Å². The highest BCUT2D eigenvalue weighted by Gasteiger charge is 2.28. The van der Waals surface area contributed by atoms with Crippen molar-refractivity contribution in [3.8, 4) is 0 Å². The fraction of sp³-hybridized carbons (Fsp3) is 0.318. The van der Waals surface area contributed by atoms with Crippen molar-refractivity contribution in [2.45, 2.75) is 45.7 Å². The second kappa shape index (κ2) is 8.16. The summed E-state index contributed by atoms with van der Waals surface area (Å²) in [5.74, 6) is -0.404. The van der Waals surface area contributed by atoms with E-state index in [0.717, 1.165) is 17.5 Å². The summed E-state index contributed by atoms with van der Waals surface area (Å²) in [7, 11) is 0. The molecule has 1 N–H and O–H groups in total. The maximum atomic E-state index is 12.6. The minimum atomic E-state index is -0.137. The summed E-state index contributed by atoms with van der Waals surface area (Å²) in [6.07, 6.45) is 1.37. The van der Waals surface area contributed by atoms with Crippen molar-refractivity contribution in [2.75, 3.05) is 0 Å². The molecule has 1 saturated heterocycles. The van der Waals surface area contributed by atoms with Crippen molar-refractivity contribution in [3.05, 3.63) is 70.8 Å². The number of nitrogens with zero attached hydrogens (tertiary/aromatic N) is 1. The molecule has 1 atom stereocenters. The first-order chi connectivity index (χ1) is 13.0. The predicted molar refractivity (Wildman–Crippen MR) is 103 cm³/mol. The Morgan fingerprint density at radius 3 is 2.15 bits per heavy atom. The quantitative estimate of drug-likeness (QED) is 0.798. The number of imide groups is 1. The molecular formula is C22H24N2O3. The van der Waals surface area contributed by atoms with Crippen LogP contribution in [0.4, 0.5) is 0 Å². The number of likely N-dealkylation sites (tertiary alicyclic amines) is 1. The second-order valence-corrected chi connectivity index (χ2v) is 6.92. The Labute approximate surface area is 159 Å². The predicted octanol–water partition coefficient (Wildman–Crippen LogP) is 3.53. The van der Waals surface area contributed by atoms with Crippen LogP contribution in [0.1, 0.15) is 59.3 Å². The molecule has 0 bridgehead atoms. The molecule has 140 valence electrons. The third-order valence-corrected chi connectivity index (χ3v) is 4.90. The van der Waals surface area contributed by atoms with E-state index in [1.165, 1.54) is 10.5 Å². The molecule has 1 unspecified atom stereocenters. The largest absolute Gasteiger partial charge is 0.345 e. The molecule has 3 amide bonds. The van der Waals surface area contributed by atoms with Gasteiger partial charge >= 0.3 is 0 Å². The SMILES string of the molecule is CCC(NC(=O)c1ccc(CN2C(=O)CCC2=O)cc1)c1ccc(C)cc1. The van der Waals surface area contributed by atoms with Crippen LogP contribution in [0.15, 0.2) is 48.5 Å². The van der Waals surface area contributed by atoms with Gasteiger partial charge in [0.15, 0.2) is 0 Å². The lowest BCUT2D eigenvalue weighted by atomic mass is 10.0. The Morgan fingerprint density at radius 1 is 1.00 bits per heavy atom. The first kappa shape index (κ1) is 18.8. The van der Waals surface area contributed by atoms with Gasteiger partial charge in [0.25, 0.3) is 5.91 Å². The van der Waals surface area contributed by atoms with Crippen LogP contribution in [-0.2, 0) is 16.1 Å². The zero-order valence-electron chi connectivity index (χ0n) is 15.7. The molecular weight excluding hydrogens is 340 g/mol. The minimum Gasteiger partial charge on any atom is -0.345 e. The molecule has 1 fully saturated rings. The molecule has 0 spiro atoms. The molecule has 2 aromatic rings. The molecule has 27 heavy (non-hydrogen) atoms. The number of carbonyl (C=O) groups excluding carboxylic acids is 3. The summed E-state index contributed by atoms with van der Waals surface area (Å²) in [6, 6.07) is 15.2. The number of benzene rings is 2.